The minimum absolute atomic E-state index is 0.0726. The van der Waals surface area contributed by atoms with Gasteiger partial charge >= 0.3 is 6.03 Å². The minimum Gasteiger partial charge on any atom is -0.331 e. The summed E-state index contributed by atoms with van der Waals surface area (Å²) in [5.74, 6) is 0.0726. The van der Waals surface area contributed by atoms with Crippen molar-refractivity contribution in [3.05, 3.63) is 47.3 Å². The van der Waals surface area contributed by atoms with Crippen LogP contribution in [0.1, 0.15) is 36.7 Å². The summed E-state index contributed by atoms with van der Waals surface area (Å²) in [4.78, 5) is 14.5. The molecule has 1 aliphatic heterocycles. The SMILES string of the molecule is CCS(=O)(=O)c1ccc(C(C)NC(=O)N2CCc3cn[nH]c3C2)cc1. The van der Waals surface area contributed by atoms with Gasteiger partial charge in [-0.25, -0.2) is 13.2 Å². The topological polar surface area (TPSA) is 95.2 Å². The normalized spacial score (nSPS) is 15.5. The molecule has 7 nitrogen and oxygen atoms in total. The number of benzene rings is 1. The van der Waals surface area contributed by atoms with Crippen molar-refractivity contribution in [3.63, 3.8) is 0 Å². The first-order chi connectivity index (χ1) is 11.9. The van der Waals surface area contributed by atoms with Gasteiger partial charge in [0.1, 0.15) is 0 Å². The smallest absolute Gasteiger partial charge is 0.318 e. The Morgan fingerprint density at radius 3 is 2.76 bits per heavy atom. The van der Waals surface area contributed by atoms with E-state index in [9.17, 15) is 13.2 Å². The summed E-state index contributed by atoms with van der Waals surface area (Å²) in [6.07, 6.45) is 2.59. The monoisotopic (exact) mass is 362 g/mol. The van der Waals surface area contributed by atoms with Crippen molar-refractivity contribution in [3.8, 4) is 0 Å². The van der Waals surface area contributed by atoms with Crippen molar-refractivity contribution >= 4 is 15.9 Å². The van der Waals surface area contributed by atoms with Crippen molar-refractivity contribution in [2.45, 2.75) is 37.8 Å². The maximum atomic E-state index is 12.5. The van der Waals surface area contributed by atoms with Gasteiger partial charge in [0, 0.05) is 6.54 Å². The number of nitrogens with zero attached hydrogens (tertiary/aromatic N) is 2. The van der Waals surface area contributed by atoms with Crippen molar-refractivity contribution in [2.75, 3.05) is 12.3 Å². The van der Waals surface area contributed by atoms with E-state index in [4.69, 9.17) is 0 Å². The maximum Gasteiger partial charge on any atom is 0.318 e. The fourth-order valence-corrected chi connectivity index (χ4v) is 3.76. The number of sulfone groups is 1. The summed E-state index contributed by atoms with van der Waals surface area (Å²) < 4.78 is 23.7. The number of hydrogen-bond acceptors (Lipinski definition) is 4. The fourth-order valence-electron chi connectivity index (χ4n) is 2.88. The molecule has 2 N–H and O–H groups in total. The summed E-state index contributed by atoms with van der Waals surface area (Å²) in [5, 5.41) is 9.90. The van der Waals surface area contributed by atoms with Gasteiger partial charge in [-0.2, -0.15) is 5.10 Å². The molecular weight excluding hydrogens is 340 g/mol. The van der Waals surface area contributed by atoms with Crippen LogP contribution < -0.4 is 5.32 Å². The highest BCUT2D eigenvalue weighted by Crippen LogP contribution is 2.19. The zero-order valence-electron chi connectivity index (χ0n) is 14.3. The second-order valence-electron chi connectivity index (χ2n) is 6.19. The second kappa shape index (κ2) is 6.87. The molecule has 1 aromatic carbocycles. The Labute approximate surface area is 147 Å². The number of hydrogen-bond donors (Lipinski definition) is 2. The second-order valence-corrected chi connectivity index (χ2v) is 8.47. The van der Waals surface area contributed by atoms with Crippen LogP contribution in [0.4, 0.5) is 4.79 Å². The number of H-pyrrole nitrogens is 1. The molecule has 134 valence electrons. The fraction of sp³-hybridized carbons (Fsp3) is 0.412. The quantitative estimate of drug-likeness (QED) is 0.870. The highest BCUT2D eigenvalue weighted by Gasteiger charge is 2.23. The third-order valence-corrected chi connectivity index (χ3v) is 6.30. The largest absolute Gasteiger partial charge is 0.331 e. The lowest BCUT2D eigenvalue weighted by Gasteiger charge is -2.28. The molecule has 2 heterocycles. The van der Waals surface area contributed by atoms with Gasteiger partial charge in [-0.1, -0.05) is 19.1 Å². The zero-order valence-corrected chi connectivity index (χ0v) is 15.1. The summed E-state index contributed by atoms with van der Waals surface area (Å²) in [6, 6.07) is 6.32. The van der Waals surface area contributed by atoms with Gasteiger partial charge in [0.25, 0.3) is 0 Å². The Morgan fingerprint density at radius 1 is 1.36 bits per heavy atom. The van der Waals surface area contributed by atoms with Crippen molar-refractivity contribution in [1.29, 1.82) is 0 Å². The minimum atomic E-state index is -3.21. The average Bonchev–Trinajstić information content (AvgIpc) is 3.09. The lowest BCUT2D eigenvalue weighted by molar-refractivity contribution is 0.188. The van der Waals surface area contributed by atoms with Crippen molar-refractivity contribution < 1.29 is 13.2 Å². The summed E-state index contributed by atoms with van der Waals surface area (Å²) >= 11 is 0. The number of aromatic nitrogens is 2. The van der Waals surface area contributed by atoms with E-state index in [2.05, 4.69) is 15.5 Å². The molecule has 1 unspecified atom stereocenters. The Bertz CT molecular complexity index is 858. The lowest BCUT2D eigenvalue weighted by Crippen LogP contribution is -2.43. The van der Waals surface area contributed by atoms with E-state index in [1.54, 1.807) is 42.3 Å². The van der Waals surface area contributed by atoms with Gasteiger partial charge in [0.2, 0.25) is 0 Å². The van der Waals surface area contributed by atoms with E-state index in [1.807, 2.05) is 6.92 Å². The molecule has 2 amide bonds. The molecule has 25 heavy (non-hydrogen) atoms. The van der Waals surface area contributed by atoms with E-state index in [-0.39, 0.29) is 17.8 Å². The van der Waals surface area contributed by atoms with Crippen LogP contribution in [0.25, 0.3) is 0 Å². The summed E-state index contributed by atoms with van der Waals surface area (Å²) in [6.45, 7) is 4.67. The summed E-state index contributed by atoms with van der Waals surface area (Å²) in [7, 11) is -3.21. The van der Waals surface area contributed by atoms with Crippen LogP contribution in [0.5, 0.6) is 0 Å². The third-order valence-electron chi connectivity index (χ3n) is 4.55. The first-order valence-corrected chi connectivity index (χ1v) is 9.95. The maximum absolute atomic E-state index is 12.5. The van der Waals surface area contributed by atoms with Crippen LogP contribution in [0, 0.1) is 0 Å². The lowest BCUT2D eigenvalue weighted by atomic mass is 10.1. The highest BCUT2D eigenvalue weighted by atomic mass is 32.2. The Morgan fingerprint density at radius 2 is 2.08 bits per heavy atom. The first-order valence-electron chi connectivity index (χ1n) is 8.30. The van der Waals surface area contributed by atoms with E-state index >= 15 is 0 Å². The molecule has 0 aliphatic carbocycles. The van der Waals surface area contributed by atoms with Crippen molar-refractivity contribution in [2.24, 2.45) is 0 Å². The zero-order chi connectivity index (χ0) is 18.0. The molecule has 0 bridgehead atoms. The molecule has 0 radical (unpaired) electrons. The van der Waals surface area contributed by atoms with Crippen LogP contribution in [0.15, 0.2) is 35.4 Å². The number of amides is 2. The summed E-state index contributed by atoms with van der Waals surface area (Å²) in [5.41, 5.74) is 3.00. The number of rotatable bonds is 4. The van der Waals surface area contributed by atoms with Crippen LogP contribution in [-0.4, -0.2) is 41.8 Å². The van der Waals surface area contributed by atoms with Crippen LogP contribution >= 0.6 is 0 Å². The molecule has 0 saturated carbocycles. The van der Waals surface area contributed by atoms with Gasteiger partial charge in [-0.3, -0.25) is 5.10 Å². The van der Waals surface area contributed by atoms with E-state index in [0.717, 1.165) is 23.2 Å². The van der Waals surface area contributed by atoms with Gasteiger partial charge < -0.3 is 10.2 Å². The molecule has 1 atom stereocenters. The number of aromatic amines is 1. The third kappa shape index (κ3) is 3.68. The molecule has 2 aromatic rings. The van der Waals surface area contributed by atoms with E-state index in [0.29, 0.717) is 18.0 Å². The molecule has 0 saturated heterocycles. The predicted molar refractivity (Wildman–Crippen MR) is 93.8 cm³/mol. The highest BCUT2D eigenvalue weighted by molar-refractivity contribution is 7.91. The van der Waals surface area contributed by atoms with Crippen LogP contribution in [0.2, 0.25) is 0 Å². The number of carbonyl (C=O) groups is 1. The van der Waals surface area contributed by atoms with E-state index in [1.165, 1.54) is 0 Å². The first kappa shape index (κ1) is 17.5. The van der Waals surface area contributed by atoms with Gasteiger partial charge in [-0.15, -0.1) is 0 Å². The predicted octanol–water partition coefficient (Wildman–Crippen LogP) is 2.03. The molecule has 0 fully saturated rings. The number of urea groups is 1. The Kier molecular flexibility index (Phi) is 4.80. The van der Waals surface area contributed by atoms with Crippen molar-refractivity contribution in [1.82, 2.24) is 20.4 Å². The standard InChI is InChI=1S/C17H22N4O3S/c1-3-25(23,24)15-6-4-13(5-7-15)12(2)19-17(22)21-9-8-14-10-18-20-16(14)11-21/h4-7,10,12H,3,8-9,11H2,1-2H3,(H,18,20)(H,19,22). The number of fused-ring (bicyclic) bond motifs is 1. The van der Waals surface area contributed by atoms with Gasteiger partial charge in [0.15, 0.2) is 9.84 Å². The molecule has 8 heteroatoms. The number of nitrogens with one attached hydrogen (secondary N) is 2. The molecule has 3 rings (SSSR count). The molecule has 1 aromatic heterocycles. The van der Waals surface area contributed by atoms with Crippen LogP contribution in [-0.2, 0) is 22.8 Å². The van der Waals surface area contributed by atoms with Crippen LogP contribution in [0.3, 0.4) is 0 Å². The number of carbonyl (C=O) groups excluding carboxylic acids is 1. The molecule has 0 spiro atoms. The Hall–Kier alpha value is -2.35. The van der Waals surface area contributed by atoms with Gasteiger partial charge in [-0.05, 0) is 36.6 Å². The van der Waals surface area contributed by atoms with E-state index < -0.39 is 9.84 Å². The molecule has 1 aliphatic rings. The Balaban J connectivity index is 1.64. The molecular formula is C17H22N4O3S. The van der Waals surface area contributed by atoms with Gasteiger partial charge in [0.05, 0.1) is 35.1 Å². The average molecular weight is 362 g/mol.